The van der Waals surface area contributed by atoms with E-state index in [4.69, 9.17) is 4.74 Å². The number of esters is 1. The van der Waals surface area contributed by atoms with Crippen LogP contribution < -0.4 is 5.32 Å². The van der Waals surface area contributed by atoms with Crippen LogP contribution in [0.2, 0.25) is 0 Å². The Hall–Kier alpha value is -4.29. The number of carbonyl (C=O) groups is 2. The van der Waals surface area contributed by atoms with Gasteiger partial charge < -0.3 is 10.1 Å². The van der Waals surface area contributed by atoms with Crippen LogP contribution in [-0.2, 0) is 35.6 Å². The van der Waals surface area contributed by atoms with Gasteiger partial charge in [-0.2, -0.15) is 0 Å². The second-order valence-electron chi connectivity index (χ2n) is 10.7. The van der Waals surface area contributed by atoms with E-state index in [0.29, 0.717) is 18.0 Å². The van der Waals surface area contributed by atoms with Crippen LogP contribution in [0.5, 0.6) is 0 Å². The third-order valence-electron chi connectivity index (χ3n) is 8.15. The lowest BCUT2D eigenvalue weighted by Crippen LogP contribution is -2.32. The molecule has 6 nitrogen and oxygen atoms in total. The van der Waals surface area contributed by atoms with Gasteiger partial charge in [0.1, 0.15) is 0 Å². The topological polar surface area (TPSA) is 71.5 Å². The van der Waals surface area contributed by atoms with E-state index in [-0.39, 0.29) is 17.8 Å². The summed E-state index contributed by atoms with van der Waals surface area (Å²) in [7, 11) is 1.40. The van der Waals surface area contributed by atoms with Crippen molar-refractivity contribution in [2.24, 2.45) is 5.92 Å². The monoisotopic (exact) mass is 531 g/mol. The molecule has 6 heteroatoms. The van der Waals surface area contributed by atoms with Crippen LogP contribution in [0.1, 0.15) is 50.5 Å². The molecule has 1 amide bonds. The third kappa shape index (κ3) is 5.54. The van der Waals surface area contributed by atoms with Gasteiger partial charge >= 0.3 is 5.97 Å². The molecule has 1 aliphatic carbocycles. The molecule has 3 aromatic carbocycles. The Morgan fingerprint density at radius 2 is 1.80 bits per heavy atom. The maximum atomic E-state index is 13.1. The van der Waals surface area contributed by atoms with Gasteiger partial charge in [-0.1, -0.05) is 54.6 Å². The van der Waals surface area contributed by atoms with E-state index in [9.17, 15) is 9.59 Å². The lowest BCUT2D eigenvalue weighted by atomic mass is 9.87. The van der Waals surface area contributed by atoms with Gasteiger partial charge in [0.15, 0.2) is 0 Å². The number of aromatic nitrogens is 1. The molecule has 2 aliphatic rings. The highest BCUT2D eigenvalue weighted by molar-refractivity contribution is 5.91. The second kappa shape index (κ2) is 11.4. The molecule has 0 spiro atoms. The molecule has 1 aromatic heterocycles. The van der Waals surface area contributed by atoms with E-state index in [1.807, 2.05) is 48.8 Å². The predicted molar refractivity (Wildman–Crippen MR) is 154 cm³/mol. The summed E-state index contributed by atoms with van der Waals surface area (Å²) in [6.07, 6.45) is 5.46. The van der Waals surface area contributed by atoms with Crippen LogP contribution in [0.15, 0.2) is 91.3 Å². The predicted octanol–water partition coefficient (Wildman–Crippen LogP) is 5.51. The molecule has 1 fully saturated rings. The summed E-state index contributed by atoms with van der Waals surface area (Å²) in [6.45, 7) is 3.07. The highest BCUT2D eigenvalue weighted by Gasteiger charge is 2.43. The van der Waals surface area contributed by atoms with Crippen molar-refractivity contribution in [1.82, 2.24) is 15.2 Å². The Morgan fingerprint density at radius 3 is 2.60 bits per heavy atom. The van der Waals surface area contributed by atoms with E-state index >= 15 is 0 Å². The van der Waals surface area contributed by atoms with Crippen molar-refractivity contribution < 1.29 is 14.3 Å². The zero-order chi connectivity index (χ0) is 27.5. The van der Waals surface area contributed by atoms with Crippen molar-refractivity contribution in [3.05, 3.63) is 125 Å². The number of nitrogens with zero attached hydrogens (tertiary/aromatic N) is 2. The van der Waals surface area contributed by atoms with Gasteiger partial charge in [-0.15, -0.1) is 0 Å². The number of nitrogens with one attached hydrogen (secondary N) is 1. The van der Waals surface area contributed by atoms with Crippen molar-refractivity contribution >= 4 is 11.9 Å². The Balaban J connectivity index is 1.25. The molecule has 4 aromatic rings. The summed E-state index contributed by atoms with van der Waals surface area (Å²) in [5.74, 6) is 0.145. The fourth-order valence-electron chi connectivity index (χ4n) is 5.91. The standard InChI is InChI=1S/C34H33N3O3/c1-40-34(39)26-9-5-8-25(18-26)28-11-10-27(20-36-33(38)31-19-30(31)24-6-3-2-4-7-24)32-22-37(17-14-29(28)32)21-23-12-15-35-16-13-23/h2-13,15-16,18,30-31H,14,17,19-22H2,1H3,(H,36,38). The van der Waals surface area contributed by atoms with Gasteiger partial charge in [-0.05, 0) is 82.0 Å². The molecule has 2 heterocycles. The average Bonchev–Trinajstić information content (AvgIpc) is 3.82. The molecule has 40 heavy (non-hydrogen) atoms. The second-order valence-corrected chi connectivity index (χ2v) is 10.7. The Labute approximate surface area is 235 Å². The van der Waals surface area contributed by atoms with Crippen molar-refractivity contribution in [3.63, 3.8) is 0 Å². The van der Waals surface area contributed by atoms with Crippen LogP contribution in [0.25, 0.3) is 11.1 Å². The fourth-order valence-corrected chi connectivity index (χ4v) is 5.91. The summed E-state index contributed by atoms with van der Waals surface area (Å²) in [5, 5.41) is 3.24. The molecule has 6 rings (SSSR count). The molecular formula is C34H33N3O3. The number of carbonyl (C=O) groups excluding carboxylic acids is 2. The molecule has 0 saturated heterocycles. The number of amides is 1. The van der Waals surface area contributed by atoms with Crippen LogP contribution in [0, 0.1) is 5.92 Å². The first-order valence-electron chi connectivity index (χ1n) is 13.9. The normalized spacial score (nSPS) is 18.0. The van der Waals surface area contributed by atoms with Gasteiger partial charge in [0, 0.05) is 44.5 Å². The van der Waals surface area contributed by atoms with Gasteiger partial charge in [0.05, 0.1) is 12.7 Å². The minimum Gasteiger partial charge on any atom is -0.465 e. The molecule has 2 atom stereocenters. The molecule has 1 saturated carbocycles. The van der Waals surface area contributed by atoms with Crippen LogP contribution in [0.4, 0.5) is 0 Å². The number of pyridine rings is 1. The summed E-state index contributed by atoms with van der Waals surface area (Å²) in [5.41, 5.74) is 8.84. The van der Waals surface area contributed by atoms with E-state index in [1.54, 1.807) is 6.07 Å². The summed E-state index contributed by atoms with van der Waals surface area (Å²) < 4.78 is 4.95. The molecule has 2 unspecified atom stereocenters. The molecule has 0 bridgehead atoms. The minimum atomic E-state index is -0.340. The largest absolute Gasteiger partial charge is 0.465 e. The fraction of sp³-hybridized carbons (Fsp3) is 0.265. The van der Waals surface area contributed by atoms with E-state index < -0.39 is 0 Å². The number of fused-ring (bicyclic) bond motifs is 1. The number of hydrogen-bond acceptors (Lipinski definition) is 5. The molecular weight excluding hydrogens is 498 g/mol. The lowest BCUT2D eigenvalue weighted by Gasteiger charge is -2.32. The van der Waals surface area contributed by atoms with Gasteiger partial charge in [-0.25, -0.2) is 4.79 Å². The number of benzene rings is 3. The Bertz CT molecular complexity index is 1520. The maximum Gasteiger partial charge on any atom is 0.337 e. The van der Waals surface area contributed by atoms with Crippen molar-refractivity contribution in [1.29, 1.82) is 0 Å². The van der Waals surface area contributed by atoms with E-state index in [0.717, 1.165) is 49.2 Å². The van der Waals surface area contributed by atoms with Crippen molar-refractivity contribution in [2.75, 3.05) is 13.7 Å². The highest BCUT2D eigenvalue weighted by Crippen LogP contribution is 2.47. The first-order valence-corrected chi connectivity index (χ1v) is 13.9. The molecule has 202 valence electrons. The van der Waals surface area contributed by atoms with E-state index in [2.05, 4.69) is 51.6 Å². The summed E-state index contributed by atoms with van der Waals surface area (Å²) in [6, 6.07) is 26.3. The Morgan fingerprint density at radius 1 is 0.975 bits per heavy atom. The first kappa shape index (κ1) is 26.0. The van der Waals surface area contributed by atoms with Crippen LogP contribution in [0.3, 0.4) is 0 Å². The maximum absolute atomic E-state index is 13.1. The van der Waals surface area contributed by atoms with Gasteiger partial charge in [-0.3, -0.25) is 14.7 Å². The average molecular weight is 532 g/mol. The van der Waals surface area contributed by atoms with Crippen molar-refractivity contribution in [2.45, 2.75) is 38.4 Å². The van der Waals surface area contributed by atoms with Gasteiger partial charge in [0.25, 0.3) is 0 Å². The van der Waals surface area contributed by atoms with Crippen molar-refractivity contribution in [3.8, 4) is 11.1 Å². The molecule has 1 N–H and O–H groups in total. The minimum absolute atomic E-state index is 0.0433. The van der Waals surface area contributed by atoms with E-state index in [1.165, 1.54) is 29.4 Å². The zero-order valence-corrected chi connectivity index (χ0v) is 22.7. The molecule has 0 radical (unpaired) electrons. The number of ether oxygens (including phenoxy) is 1. The number of methoxy groups -OCH3 is 1. The van der Waals surface area contributed by atoms with Crippen LogP contribution >= 0.6 is 0 Å². The quantitative estimate of drug-likeness (QED) is 0.304. The Kier molecular flexibility index (Phi) is 7.43. The third-order valence-corrected chi connectivity index (χ3v) is 8.15. The highest BCUT2D eigenvalue weighted by atomic mass is 16.5. The number of rotatable bonds is 8. The first-order chi connectivity index (χ1) is 19.6. The SMILES string of the molecule is COC(=O)c1cccc(-c2ccc(CNC(=O)C3CC3c3ccccc3)c3c2CCN(Cc2ccncc2)C3)c1. The zero-order valence-electron chi connectivity index (χ0n) is 22.7. The smallest absolute Gasteiger partial charge is 0.337 e. The summed E-state index contributed by atoms with van der Waals surface area (Å²) >= 11 is 0. The molecule has 1 aliphatic heterocycles. The van der Waals surface area contributed by atoms with Gasteiger partial charge in [0.2, 0.25) is 5.91 Å². The number of hydrogen-bond donors (Lipinski definition) is 1. The van der Waals surface area contributed by atoms with Crippen LogP contribution in [-0.4, -0.2) is 35.4 Å². The summed E-state index contributed by atoms with van der Waals surface area (Å²) in [4.78, 5) is 31.9. The lowest BCUT2D eigenvalue weighted by molar-refractivity contribution is -0.122.